The highest BCUT2D eigenvalue weighted by Crippen LogP contribution is 2.24. The van der Waals surface area contributed by atoms with Gasteiger partial charge in [-0.15, -0.1) is 0 Å². The molecule has 1 aliphatic rings. The Morgan fingerprint density at radius 1 is 1.53 bits per heavy atom. The molecule has 0 aromatic heterocycles. The van der Waals surface area contributed by atoms with E-state index in [0.29, 0.717) is 16.3 Å². The number of halogens is 1. The predicted octanol–water partition coefficient (Wildman–Crippen LogP) is 1.14. The molecule has 5 nitrogen and oxygen atoms in total. The van der Waals surface area contributed by atoms with E-state index in [1.165, 1.54) is 7.05 Å². The van der Waals surface area contributed by atoms with Gasteiger partial charge in [-0.3, -0.25) is 14.5 Å². The van der Waals surface area contributed by atoms with Crippen molar-refractivity contribution >= 4 is 46.3 Å². The van der Waals surface area contributed by atoms with Crippen molar-refractivity contribution in [1.82, 2.24) is 4.90 Å². The SMILES string of the molecule is CN1C(=O)CC(Nc2cc(Cl)ccc2C(N)=S)C1=O. The summed E-state index contributed by atoms with van der Waals surface area (Å²) in [7, 11) is 1.46. The summed E-state index contributed by atoms with van der Waals surface area (Å²) in [5.41, 5.74) is 6.76. The molecule has 19 heavy (non-hydrogen) atoms. The zero-order valence-corrected chi connectivity index (χ0v) is 11.7. The van der Waals surface area contributed by atoms with E-state index in [1.54, 1.807) is 18.2 Å². The Labute approximate surface area is 120 Å². The van der Waals surface area contributed by atoms with Crippen molar-refractivity contribution in [2.45, 2.75) is 12.5 Å². The monoisotopic (exact) mass is 297 g/mol. The van der Waals surface area contributed by atoms with Gasteiger partial charge in [0.2, 0.25) is 5.91 Å². The Balaban J connectivity index is 2.29. The van der Waals surface area contributed by atoms with Crippen LogP contribution in [0.2, 0.25) is 5.02 Å². The van der Waals surface area contributed by atoms with Crippen LogP contribution in [0.3, 0.4) is 0 Å². The zero-order chi connectivity index (χ0) is 14.2. The van der Waals surface area contributed by atoms with Crippen LogP contribution in [0.4, 0.5) is 5.69 Å². The third kappa shape index (κ3) is 2.69. The normalized spacial score (nSPS) is 18.8. The predicted molar refractivity (Wildman–Crippen MR) is 77.1 cm³/mol. The number of carbonyl (C=O) groups is 2. The van der Waals surface area contributed by atoms with E-state index in [2.05, 4.69) is 5.32 Å². The largest absolute Gasteiger partial charge is 0.389 e. The molecular formula is C12H12ClN3O2S. The Kier molecular flexibility index (Phi) is 3.73. The maximum Gasteiger partial charge on any atom is 0.251 e. The molecule has 1 aromatic rings. The minimum Gasteiger partial charge on any atom is -0.389 e. The van der Waals surface area contributed by atoms with Crippen molar-refractivity contribution in [3.05, 3.63) is 28.8 Å². The quantitative estimate of drug-likeness (QED) is 0.646. The fraction of sp³-hybridized carbons (Fsp3) is 0.250. The number of benzene rings is 1. The molecule has 0 saturated carbocycles. The van der Waals surface area contributed by atoms with Crippen LogP contribution in [0.5, 0.6) is 0 Å². The molecule has 1 heterocycles. The van der Waals surface area contributed by atoms with Gasteiger partial charge in [0.25, 0.3) is 5.91 Å². The van der Waals surface area contributed by atoms with Gasteiger partial charge in [0.15, 0.2) is 0 Å². The number of amides is 2. The van der Waals surface area contributed by atoms with Crippen molar-refractivity contribution in [3.8, 4) is 0 Å². The van der Waals surface area contributed by atoms with Crippen LogP contribution in [0.25, 0.3) is 0 Å². The highest BCUT2D eigenvalue weighted by molar-refractivity contribution is 7.80. The number of hydrogen-bond donors (Lipinski definition) is 2. The second-order valence-corrected chi connectivity index (χ2v) is 5.12. The number of likely N-dealkylation sites (N-methyl/N-ethyl adjacent to an activating group) is 1. The number of imide groups is 1. The van der Waals surface area contributed by atoms with E-state index >= 15 is 0 Å². The van der Waals surface area contributed by atoms with Gasteiger partial charge in [0, 0.05) is 23.3 Å². The average Bonchev–Trinajstić information content (AvgIpc) is 2.57. The molecule has 0 radical (unpaired) electrons. The third-order valence-corrected chi connectivity index (χ3v) is 3.41. The number of likely N-dealkylation sites (tertiary alicyclic amines) is 1. The van der Waals surface area contributed by atoms with Crippen LogP contribution < -0.4 is 11.1 Å². The van der Waals surface area contributed by atoms with Gasteiger partial charge in [-0.2, -0.15) is 0 Å². The summed E-state index contributed by atoms with van der Waals surface area (Å²) in [5, 5.41) is 3.47. The first-order valence-corrected chi connectivity index (χ1v) is 6.35. The van der Waals surface area contributed by atoms with Crippen molar-refractivity contribution in [2.24, 2.45) is 5.73 Å². The van der Waals surface area contributed by atoms with Gasteiger partial charge in [0.05, 0.1) is 6.42 Å². The second kappa shape index (κ2) is 5.14. The van der Waals surface area contributed by atoms with Crippen LogP contribution in [0, 0.1) is 0 Å². The maximum absolute atomic E-state index is 11.8. The number of carbonyl (C=O) groups excluding carboxylic acids is 2. The van der Waals surface area contributed by atoms with Crippen molar-refractivity contribution in [1.29, 1.82) is 0 Å². The number of nitrogens with zero attached hydrogens (tertiary/aromatic N) is 1. The number of rotatable bonds is 3. The van der Waals surface area contributed by atoms with Gasteiger partial charge < -0.3 is 11.1 Å². The van der Waals surface area contributed by atoms with Crippen LogP contribution in [0.15, 0.2) is 18.2 Å². The number of anilines is 1. The molecule has 3 N–H and O–H groups in total. The molecule has 1 saturated heterocycles. The highest BCUT2D eigenvalue weighted by atomic mass is 35.5. The average molecular weight is 298 g/mol. The van der Waals surface area contributed by atoms with Gasteiger partial charge in [0.1, 0.15) is 11.0 Å². The summed E-state index contributed by atoms with van der Waals surface area (Å²) >= 11 is 10.9. The molecule has 2 rings (SSSR count). The molecule has 1 atom stereocenters. The lowest BCUT2D eigenvalue weighted by Crippen LogP contribution is -2.32. The lowest BCUT2D eigenvalue weighted by atomic mass is 10.1. The number of thiocarbonyl (C=S) groups is 1. The summed E-state index contributed by atoms with van der Waals surface area (Å²) in [6.45, 7) is 0. The summed E-state index contributed by atoms with van der Waals surface area (Å²) in [6, 6.07) is 4.36. The Morgan fingerprint density at radius 2 is 2.21 bits per heavy atom. The minimum absolute atomic E-state index is 0.110. The molecule has 0 aliphatic carbocycles. The minimum atomic E-state index is -0.607. The van der Waals surface area contributed by atoms with E-state index in [4.69, 9.17) is 29.6 Å². The van der Waals surface area contributed by atoms with Gasteiger partial charge in [-0.05, 0) is 18.2 Å². The number of nitrogens with two attached hydrogens (primary N) is 1. The summed E-state index contributed by atoms with van der Waals surface area (Å²) in [4.78, 5) is 24.6. The Morgan fingerprint density at radius 3 is 2.74 bits per heavy atom. The fourth-order valence-electron chi connectivity index (χ4n) is 1.91. The first kappa shape index (κ1) is 13.8. The molecule has 7 heteroatoms. The molecule has 1 aromatic carbocycles. The smallest absolute Gasteiger partial charge is 0.251 e. The number of nitrogens with one attached hydrogen (secondary N) is 1. The lowest BCUT2D eigenvalue weighted by molar-refractivity contribution is -0.136. The first-order chi connectivity index (χ1) is 8.90. The van der Waals surface area contributed by atoms with Crippen LogP contribution in [0.1, 0.15) is 12.0 Å². The van der Waals surface area contributed by atoms with Crippen molar-refractivity contribution < 1.29 is 9.59 Å². The van der Waals surface area contributed by atoms with E-state index < -0.39 is 6.04 Å². The lowest BCUT2D eigenvalue weighted by Gasteiger charge is -2.15. The van der Waals surface area contributed by atoms with E-state index in [-0.39, 0.29) is 23.2 Å². The summed E-state index contributed by atoms with van der Waals surface area (Å²) in [5.74, 6) is -0.500. The van der Waals surface area contributed by atoms with E-state index in [9.17, 15) is 9.59 Å². The summed E-state index contributed by atoms with van der Waals surface area (Å²) < 4.78 is 0. The highest BCUT2D eigenvalue weighted by Gasteiger charge is 2.36. The van der Waals surface area contributed by atoms with Crippen LogP contribution in [-0.2, 0) is 9.59 Å². The van der Waals surface area contributed by atoms with Crippen LogP contribution in [-0.4, -0.2) is 34.8 Å². The fourth-order valence-corrected chi connectivity index (χ4v) is 2.26. The van der Waals surface area contributed by atoms with E-state index in [0.717, 1.165) is 4.90 Å². The molecule has 1 fully saturated rings. The molecule has 100 valence electrons. The standard InChI is InChI=1S/C12H12ClN3O2S/c1-16-10(17)5-9(12(16)18)15-8-4-6(13)2-3-7(8)11(14)19/h2-4,9,15H,5H2,1H3,(H2,14,19). The zero-order valence-electron chi connectivity index (χ0n) is 10.1. The van der Waals surface area contributed by atoms with Gasteiger partial charge in [-0.1, -0.05) is 23.8 Å². The Hall–Kier alpha value is -1.66. The van der Waals surface area contributed by atoms with E-state index in [1.807, 2.05) is 0 Å². The van der Waals surface area contributed by atoms with Gasteiger partial charge in [-0.25, -0.2) is 0 Å². The maximum atomic E-state index is 11.8. The van der Waals surface area contributed by atoms with Gasteiger partial charge >= 0.3 is 0 Å². The van der Waals surface area contributed by atoms with Crippen molar-refractivity contribution in [2.75, 3.05) is 12.4 Å². The van der Waals surface area contributed by atoms with Crippen molar-refractivity contribution in [3.63, 3.8) is 0 Å². The van der Waals surface area contributed by atoms with Crippen LogP contribution >= 0.6 is 23.8 Å². The topological polar surface area (TPSA) is 75.4 Å². The molecule has 2 amide bonds. The summed E-state index contributed by atoms with van der Waals surface area (Å²) in [6.07, 6.45) is 0.110. The Bertz CT molecular complexity index is 576. The second-order valence-electron chi connectivity index (χ2n) is 4.25. The molecular weight excluding hydrogens is 286 g/mol. The number of hydrogen-bond acceptors (Lipinski definition) is 4. The first-order valence-electron chi connectivity index (χ1n) is 5.56. The molecule has 1 aliphatic heterocycles. The molecule has 0 spiro atoms. The molecule has 0 bridgehead atoms. The third-order valence-electron chi connectivity index (χ3n) is 2.96. The molecule has 1 unspecified atom stereocenters.